The maximum atomic E-state index is 12.8. The summed E-state index contributed by atoms with van der Waals surface area (Å²) in [6.45, 7) is 2.47. The Labute approximate surface area is 195 Å². The molecule has 0 radical (unpaired) electrons. The summed E-state index contributed by atoms with van der Waals surface area (Å²) in [5.41, 5.74) is 8.11. The predicted octanol–water partition coefficient (Wildman–Crippen LogP) is 3.49. The van der Waals surface area contributed by atoms with Crippen LogP contribution in [0.2, 0.25) is 0 Å². The van der Waals surface area contributed by atoms with Crippen LogP contribution in [0.1, 0.15) is 29.5 Å². The molecule has 0 spiro atoms. The van der Waals surface area contributed by atoms with E-state index in [9.17, 15) is 19.5 Å². The molecule has 0 saturated carbocycles. The molecule has 1 fully saturated rings. The first-order valence-corrected chi connectivity index (χ1v) is 11.0. The fourth-order valence-electron chi connectivity index (χ4n) is 3.05. The number of carbonyl (C=O) groups excluding carboxylic acids is 2. The van der Waals surface area contributed by atoms with Crippen LogP contribution in [-0.2, 0) is 21.0 Å². The molecule has 7 nitrogen and oxygen atoms in total. The van der Waals surface area contributed by atoms with Gasteiger partial charge in [-0.2, -0.15) is 0 Å². The van der Waals surface area contributed by atoms with Gasteiger partial charge in [0.15, 0.2) is 0 Å². The molecule has 0 aliphatic carbocycles. The summed E-state index contributed by atoms with van der Waals surface area (Å²) in [5.74, 6) is -1.69. The maximum Gasteiger partial charge on any atom is 0.326 e. The van der Waals surface area contributed by atoms with Crippen molar-refractivity contribution < 1.29 is 24.2 Å². The number of aliphatic carboxylic acids is 1. The van der Waals surface area contributed by atoms with E-state index in [1.165, 1.54) is 5.56 Å². The lowest BCUT2D eigenvalue weighted by Gasteiger charge is -2.22. The number of hydrogen-bond donors (Lipinski definition) is 2. The molecule has 0 aromatic heterocycles. The maximum absolute atomic E-state index is 12.8. The minimum absolute atomic E-state index is 0.0998. The van der Waals surface area contributed by atoms with E-state index in [-0.39, 0.29) is 17.2 Å². The monoisotopic (exact) mass is 470 g/mol. The molecule has 1 aliphatic heterocycles. The van der Waals surface area contributed by atoms with Gasteiger partial charge in [-0.15, -0.1) is 0 Å². The Kier molecular flexibility index (Phi) is 7.66. The molecule has 32 heavy (non-hydrogen) atoms. The number of ether oxygens (including phenoxy) is 1. The molecule has 0 bridgehead atoms. The average molecular weight is 471 g/mol. The third-order valence-electron chi connectivity index (χ3n) is 4.79. The van der Waals surface area contributed by atoms with E-state index in [1.807, 2.05) is 31.2 Å². The van der Waals surface area contributed by atoms with Crippen LogP contribution in [0.15, 0.2) is 53.4 Å². The van der Waals surface area contributed by atoms with Crippen LogP contribution in [0.5, 0.6) is 5.75 Å². The molecule has 2 amide bonds. The van der Waals surface area contributed by atoms with E-state index in [1.54, 1.807) is 30.3 Å². The van der Waals surface area contributed by atoms with E-state index >= 15 is 0 Å². The Morgan fingerprint density at radius 3 is 2.44 bits per heavy atom. The van der Waals surface area contributed by atoms with Crippen molar-refractivity contribution in [1.29, 1.82) is 0 Å². The number of rotatable bonds is 9. The van der Waals surface area contributed by atoms with E-state index in [0.29, 0.717) is 17.3 Å². The fraction of sp³-hybridized carbons (Fsp3) is 0.217. The minimum atomic E-state index is -1.24. The zero-order chi connectivity index (χ0) is 23.3. The third-order valence-corrected chi connectivity index (χ3v) is 6.12. The number of benzene rings is 2. The van der Waals surface area contributed by atoms with Crippen molar-refractivity contribution >= 4 is 52.2 Å². The second-order valence-electron chi connectivity index (χ2n) is 7.25. The summed E-state index contributed by atoms with van der Waals surface area (Å²) in [7, 11) is 0. The van der Waals surface area contributed by atoms with Crippen LogP contribution in [0.25, 0.3) is 6.08 Å². The molecule has 1 heterocycles. The van der Waals surface area contributed by atoms with Crippen LogP contribution in [-0.4, -0.2) is 38.2 Å². The highest BCUT2D eigenvalue weighted by Gasteiger charge is 2.40. The zero-order valence-corrected chi connectivity index (χ0v) is 18.9. The number of carboxylic acids is 1. The number of amides is 2. The van der Waals surface area contributed by atoms with Gasteiger partial charge in [-0.1, -0.05) is 65.9 Å². The minimum Gasteiger partial charge on any atom is -0.489 e. The van der Waals surface area contributed by atoms with Crippen LogP contribution in [0.4, 0.5) is 0 Å². The van der Waals surface area contributed by atoms with Crippen LogP contribution in [0, 0.1) is 6.92 Å². The van der Waals surface area contributed by atoms with Crippen LogP contribution in [0.3, 0.4) is 0 Å². The Balaban J connectivity index is 1.67. The lowest BCUT2D eigenvalue weighted by Crippen LogP contribution is -2.44. The van der Waals surface area contributed by atoms with E-state index in [0.717, 1.165) is 27.8 Å². The van der Waals surface area contributed by atoms with Gasteiger partial charge in [0.1, 0.15) is 22.7 Å². The molecular formula is C23H22N2O5S2. The first-order chi connectivity index (χ1) is 15.2. The van der Waals surface area contributed by atoms with Gasteiger partial charge in [0, 0.05) is 6.42 Å². The van der Waals surface area contributed by atoms with Crippen molar-refractivity contribution in [3.05, 3.63) is 70.1 Å². The zero-order valence-electron chi connectivity index (χ0n) is 17.3. The van der Waals surface area contributed by atoms with Gasteiger partial charge >= 0.3 is 5.97 Å². The largest absolute Gasteiger partial charge is 0.489 e. The van der Waals surface area contributed by atoms with Crippen molar-refractivity contribution in [3.8, 4) is 5.75 Å². The van der Waals surface area contributed by atoms with Crippen LogP contribution >= 0.6 is 24.0 Å². The number of nitrogens with two attached hydrogens (primary N) is 1. The summed E-state index contributed by atoms with van der Waals surface area (Å²) >= 11 is 6.25. The molecule has 3 rings (SSSR count). The highest BCUT2D eigenvalue weighted by atomic mass is 32.2. The van der Waals surface area contributed by atoms with E-state index < -0.39 is 23.8 Å². The summed E-state index contributed by atoms with van der Waals surface area (Å²) < 4.78 is 5.93. The SMILES string of the molecule is Cc1ccc(COc2ccc(/C=C3\SC(=S)N(C(CCC(N)=O)C(=O)O)C3=O)cc2)cc1. The highest BCUT2D eigenvalue weighted by molar-refractivity contribution is 8.26. The molecule has 1 unspecified atom stereocenters. The first-order valence-electron chi connectivity index (χ1n) is 9.81. The number of carbonyl (C=O) groups is 3. The number of thioether (sulfide) groups is 1. The summed E-state index contributed by atoms with van der Waals surface area (Å²) in [6.07, 6.45) is 1.39. The molecule has 2 aromatic carbocycles. The summed E-state index contributed by atoms with van der Waals surface area (Å²) in [6, 6.07) is 14.1. The van der Waals surface area contributed by atoms with Gasteiger partial charge in [0.2, 0.25) is 5.91 Å². The number of primary amides is 1. The lowest BCUT2D eigenvalue weighted by molar-refractivity contribution is -0.145. The number of thiocarbonyl (C=S) groups is 1. The predicted molar refractivity (Wildman–Crippen MR) is 127 cm³/mol. The van der Waals surface area contributed by atoms with E-state index in [4.69, 9.17) is 22.7 Å². The Hall–Kier alpha value is -3.17. The number of nitrogens with zero attached hydrogens (tertiary/aromatic N) is 1. The highest BCUT2D eigenvalue weighted by Crippen LogP contribution is 2.35. The van der Waals surface area contributed by atoms with Gasteiger partial charge in [0.05, 0.1) is 4.91 Å². The Morgan fingerprint density at radius 1 is 1.19 bits per heavy atom. The first kappa shape index (κ1) is 23.5. The third kappa shape index (κ3) is 5.95. The molecular weight excluding hydrogens is 448 g/mol. The average Bonchev–Trinajstić information content (AvgIpc) is 3.02. The molecule has 1 atom stereocenters. The molecule has 1 aliphatic rings. The smallest absolute Gasteiger partial charge is 0.326 e. The summed E-state index contributed by atoms with van der Waals surface area (Å²) in [4.78, 5) is 36.8. The second-order valence-corrected chi connectivity index (χ2v) is 8.93. The molecule has 166 valence electrons. The van der Waals surface area contributed by atoms with Crippen molar-refractivity contribution in [2.75, 3.05) is 0 Å². The molecule has 2 aromatic rings. The fourth-order valence-corrected chi connectivity index (χ4v) is 4.41. The number of carboxylic acid groups (broad SMARTS) is 1. The molecule has 3 N–H and O–H groups in total. The Bertz CT molecular complexity index is 1060. The topological polar surface area (TPSA) is 110 Å². The van der Waals surface area contributed by atoms with Gasteiger partial charge in [-0.3, -0.25) is 14.5 Å². The van der Waals surface area contributed by atoms with Gasteiger partial charge < -0.3 is 15.6 Å². The number of aryl methyl sites for hydroxylation is 1. The van der Waals surface area contributed by atoms with Crippen LogP contribution < -0.4 is 10.5 Å². The quantitative estimate of drug-likeness (QED) is 0.426. The second kappa shape index (κ2) is 10.4. The Morgan fingerprint density at radius 2 is 1.84 bits per heavy atom. The lowest BCUT2D eigenvalue weighted by atomic mass is 10.1. The standard InChI is InChI=1S/C23H22N2O5S2/c1-14-2-4-16(5-3-14)13-30-17-8-6-15(7-9-17)12-19-21(27)25(23(31)32-19)18(22(28)29)10-11-20(24)26/h2-9,12,18H,10-11,13H2,1H3,(H2,24,26)(H,28,29)/b19-12-. The van der Waals surface area contributed by atoms with Crippen molar-refractivity contribution in [1.82, 2.24) is 4.90 Å². The van der Waals surface area contributed by atoms with Crippen molar-refractivity contribution in [2.24, 2.45) is 5.73 Å². The van der Waals surface area contributed by atoms with E-state index in [2.05, 4.69) is 0 Å². The normalized spacial score (nSPS) is 15.8. The van der Waals surface area contributed by atoms with Gasteiger partial charge in [0.25, 0.3) is 5.91 Å². The molecule has 9 heteroatoms. The van der Waals surface area contributed by atoms with Gasteiger partial charge in [-0.05, 0) is 42.7 Å². The molecule has 1 saturated heterocycles. The van der Waals surface area contributed by atoms with Crippen molar-refractivity contribution in [2.45, 2.75) is 32.4 Å². The van der Waals surface area contributed by atoms with Crippen molar-refractivity contribution in [3.63, 3.8) is 0 Å². The van der Waals surface area contributed by atoms with Gasteiger partial charge in [-0.25, -0.2) is 4.79 Å². The summed E-state index contributed by atoms with van der Waals surface area (Å²) in [5, 5.41) is 9.49. The number of hydrogen-bond acceptors (Lipinski definition) is 6.